The summed E-state index contributed by atoms with van der Waals surface area (Å²) < 4.78 is 0. The monoisotopic (exact) mass is 274 g/mol. The Kier molecular flexibility index (Phi) is 5.26. The van der Waals surface area contributed by atoms with Crippen LogP contribution in [-0.2, 0) is 6.54 Å². The fourth-order valence-corrected chi connectivity index (χ4v) is 2.60. The first kappa shape index (κ1) is 14.8. The number of rotatable bonds is 3. The van der Waals surface area contributed by atoms with Crippen LogP contribution in [0.5, 0.6) is 0 Å². The van der Waals surface area contributed by atoms with Gasteiger partial charge in [0.05, 0.1) is 6.17 Å². The van der Waals surface area contributed by atoms with Gasteiger partial charge in [-0.25, -0.2) is 0 Å². The van der Waals surface area contributed by atoms with E-state index in [0.717, 1.165) is 18.5 Å². The van der Waals surface area contributed by atoms with Gasteiger partial charge >= 0.3 is 0 Å². The number of nitrogens with zero attached hydrogens (tertiary/aromatic N) is 1. The number of nitrogens with one attached hydrogen (secondary N) is 1. The lowest BCUT2D eigenvalue weighted by Gasteiger charge is -2.26. The summed E-state index contributed by atoms with van der Waals surface area (Å²) in [5, 5.41) is 3.67. The molecular formula is C13H20Cl2N2. The molecule has 96 valence electrons. The maximum absolute atomic E-state index is 3.67. The molecule has 4 heteroatoms. The number of hydrogen-bond donors (Lipinski definition) is 1. The molecule has 1 aliphatic heterocycles. The third-order valence-electron chi connectivity index (χ3n) is 3.66. The van der Waals surface area contributed by atoms with Crippen LogP contribution in [0.3, 0.4) is 0 Å². The Bertz CT molecular complexity index is 335. The lowest BCUT2D eigenvalue weighted by molar-refractivity contribution is 0.202. The van der Waals surface area contributed by atoms with Gasteiger partial charge in [-0.3, -0.25) is 10.2 Å². The van der Waals surface area contributed by atoms with Crippen LogP contribution in [0.25, 0.3) is 0 Å². The first-order valence-electron chi connectivity index (χ1n) is 5.83. The van der Waals surface area contributed by atoms with Crippen LogP contribution in [0.2, 0.25) is 0 Å². The van der Waals surface area contributed by atoms with Crippen molar-refractivity contribution < 1.29 is 0 Å². The number of hydrogen-bond acceptors (Lipinski definition) is 2. The van der Waals surface area contributed by atoms with Gasteiger partial charge in [-0.2, -0.15) is 0 Å². The van der Waals surface area contributed by atoms with E-state index in [-0.39, 0.29) is 24.8 Å². The number of fused-ring (bicyclic) bond motifs is 1. The summed E-state index contributed by atoms with van der Waals surface area (Å²) in [6, 6.07) is 11.5. The molecule has 1 aromatic carbocycles. The highest BCUT2D eigenvalue weighted by molar-refractivity contribution is 5.85. The van der Waals surface area contributed by atoms with Crippen molar-refractivity contribution in [3.8, 4) is 0 Å². The number of piperidine rings is 1. The predicted molar refractivity (Wildman–Crippen MR) is 75.8 cm³/mol. The normalized spacial score (nSPS) is 29.2. The zero-order valence-electron chi connectivity index (χ0n) is 10.0. The maximum atomic E-state index is 3.67. The maximum Gasteiger partial charge on any atom is 0.0602 e. The minimum atomic E-state index is 0. The minimum absolute atomic E-state index is 0. The topological polar surface area (TPSA) is 15.3 Å². The van der Waals surface area contributed by atoms with Gasteiger partial charge in [0.2, 0.25) is 0 Å². The summed E-state index contributed by atoms with van der Waals surface area (Å²) in [4.78, 5) is 2.43. The highest BCUT2D eigenvalue weighted by Crippen LogP contribution is 2.41. The van der Waals surface area contributed by atoms with Gasteiger partial charge in [-0.15, -0.1) is 24.8 Å². The highest BCUT2D eigenvalue weighted by atomic mass is 35.5. The summed E-state index contributed by atoms with van der Waals surface area (Å²) in [5.41, 5.74) is 1.40. The van der Waals surface area contributed by atoms with E-state index in [9.17, 15) is 0 Å². The van der Waals surface area contributed by atoms with E-state index in [4.69, 9.17) is 0 Å². The Morgan fingerprint density at radius 2 is 1.88 bits per heavy atom. The second-order valence-corrected chi connectivity index (χ2v) is 4.92. The van der Waals surface area contributed by atoms with Crippen LogP contribution in [-0.4, -0.2) is 24.2 Å². The van der Waals surface area contributed by atoms with Gasteiger partial charge in [0.15, 0.2) is 0 Å². The van der Waals surface area contributed by atoms with Crippen molar-refractivity contribution in [2.24, 2.45) is 5.92 Å². The van der Waals surface area contributed by atoms with Crippen molar-refractivity contribution in [3.63, 3.8) is 0 Å². The predicted octanol–water partition coefficient (Wildman–Crippen LogP) is 2.67. The molecule has 3 rings (SSSR count). The Hall–Kier alpha value is -0.280. The van der Waals surface area contributed by atoms with E-state index in [0.29, 0.717) is 6.17 Å². The molecule has 0 aromatic heterocycles. The fraction of sp³-hybridized carbons (Fsp3) is 0.538. The first-order valence-corrected chi connectivity index (χ1v) is 5.83. The first-order chi connectivity index (χ1) is 7.33. The van der Waals surface area contributed by atoms with Gasteiger partial charge in [0.1, 0.15) is 0 Å². The van der Waals surface area contributed by atoms with Gasteiger partial charge in [-0.1, -0.05) is 30.3 Å². The molecule has 0 unspecified atom stereocenters. The smallest absolute Gasteiger partial charge is 0.0602 e. The largest absolute Gasteiger partial charge is 0.299 e. The number of halogens is 2. The lowest BCUT2D eigenvalue weighted by Crippen LogP contribution is -2.40. The average Bonchev–Trinajstić information content (AvgIpc) is 2.87. The Balaban J connectivity index is 0.000000722. The van der Waals surface area contributed by atoms with Crippen LogP contribution in [0, 0.1) is 5.92 Å². The van der Waals surface area contributed by atoms with Gasteiger partial charge in [-0.05, 0) is 31.4 Å². The van der Waals surface area contributed by atoms with E-state index in [2.05, 4.69) is 47.6 Å². The second-order valence-electron chi connectivity index (χ2n) is 4.92. The molecule has 0 bridgehead atoms. The van der Waals surface area contributed by atoms with E-state index < -0.39 is 0 Å². The van der Waals surface area contributed by atoms with Crippen LogP contribution < -0.4 is 5.32 Å². The molecule has 1 aromatic rings. The molecule has 3 atom stereocenters. The third-order valence-corrected chi connectivity index (χ3v) is 3.66. The summed E-state index contributed by atoms with van der Waals surface area (Å²) in [6.45, 7) is 1.05. The van der Waals surface area contributed by atoms with Gasteiger partial charge < -0.3 is 0 Å². The molecule has 0 amide bonds. The standard InChI is InChI=1S/C13H18N2.2ClH/c1-15(9-10-5-3-2-4-6-10)13-8-11-7-12(11)14-13;;/h2-6,11-14H,7-9H2,1H3;2*1H/t11-,12-,13+;;/m0../s1. The van der Waals surface area contributed by atoms with E-state index >= 15 is 0 Å². The van der Waals surface area contributed by atoms with Gasteiger partial charge in [0.25, 0.3) is 0 Å². The SMILES string of the molecule is CN(Cc1ccccc1)[C@@H]1C[C@@H]2C[C@@H]2N1.Cl.Cl. The Morgan fingerprint density at radius 1 is 1.18 bits per heavy atom. The Morgan fingerprint density at radius 3 is 2.47 bits per heavy atom. The Labute approximate surface area is 116 Å². The van der Waals surface area contributed by atoms with E-state index in [1.807, 2.05) is 0 Å². The van der Waals surface area contributed by atoms with Crippen molar-refractivity contribution in [1.29, 1.82) is 0 Å². The van der Waals surface area contributed by atoms with Crippen LogP contribution in [0.1, 0.15) is 18.4 Å². The van der Waals surface area contributed by atoms with Crippen LogP contribution >= 0.6 is 24.8 Å². The zero-order valence-corrected chi connectivity index (χ0v) is 11.6. The third kappa shape index (κ3) is 3.35. The van der Waals surface area contributed by atoms with Crippen molar-refractivity contribution in [2.75, 3.05) is 7.05 Å². The molecule has 2 aliphatic rings. The molecule has 0 spiro atoms. The lowest BCUT2D eigenvalue weighted by atomic mass is 10.2. The molecule has 1 saturated carbocycles. The zero-order chi connectivity index (χ0) is 10.3. The highest BCUT2D eigenvalue weighted by Gasteiger charge is 2.46. The summed E-state index contributed by atoms with van der Waals surface area (Å²) in [6.07, 6.45) is 3.36. The van der Waals surface area contributed by atoms with E-state index in [1.54, 1.807) is 0 Å². The van der Waals surface area contributed by atoms with E-state index in [1.165, 1.54) is 18.4 Å². The van der Waals surface area contributed by atoms with Gasteiger partial charge in [0, 0.05) is 12.6 Å². The summed E-state index contributed by atoms with van der Waals surface area (Å²) in [7, 11) is 2.22. The average molecular weight is 275 g/mol. The van der Waals surface area contributed by atoms with Crippen LogP contribution in [0.15, 0.2) is 30.3 Å². The van der Waals surface area contributed by atoms with Crippen molar-refractivity contribution in [1.82, 2.24) is 10.2 Å². The molecule has 0 radical (unpaired) electrons. The molecule has 1 aliphatic carbocycles. The molecule has 1 N–H and O–H groups in total. The van der Waals surface area contributed by atoms with Crippen molar-refractivity contribution in [2.45, 2.75) is 31.6 Å². The van der Waals surface area contributed by atoms with Crippen molar-refractivity contribution >= 4 is 24.8 Å². The number of benzene rings is 1. The summed E-state index contributed by atoms with van der Waals surface area (Å²) in [5.74, 6) is 0.980. The quantitative estimate of drug-likeness (QED) is 0.912. The van der Waals surface area contributed by atoms with Crippen LogP contribution in [0.4, 0.5) is 0 Å². The molecule has 1 saturated heterocycles. The second kappa shape index (κ2) is 6.05. The molecular weight excluding hydrogens is 255 g/mol. The molecule has 2 nitrogen and oxygen atoms in total. The molecule has 1 heterocycles. The van der Waals surface area contributed by atoms with Crippen molar-refractivity contribution in [3.05, 3.63) is 35.9 Å². The fourth-order valence-electron chi connectivity index (χ4n) is 2.60. The summed E-state index contributed by atoms with van der Waals surface area (Å²) >= 11 is 0. The minimum Gasteiger partial charge on any atom is -0.299 e. The molecule has 17 heavy (non-hydrogen) atoms. The molecule has 2 fully saturated rings.